The summed E-state index contributed by atoms with van der Waals surface area (Å²) in [5.74, 6) is 1.42. The lowest BCUT2D eigenvalue weighted by Crippen LogP contribution is -2.37. The van der Waals surface area contributed by atoms with E-state index in [0.717, 1.165) is 29.5 Å². The van der Waals surface area contributed by atoms with Gasteiger partial charge in [0.05, 0.1) is 11.6 Å². The van der Waals surface area contributed by atoms with E-state index in [1.54, 1.807) is 24.6 Å². The summed E-state index contributed by atoms with van der Waals surface area (Å²) in [6, 6.07) is 3.90. The van der Waals surface area contributed by atoms with Gasteiger partial charge in [-0.2, -0.15) is 0 Å². The van der Waals surface area contributed by atoms with Crippen LogP contribution in [0.4, 0.5) is 0 Å². The molecule has 0 saturated carbocycles. The number of aromatic nitrogens is 2. The number of nitrogens with zero attached hydrogens (tertiary/aromatic N) is 3. The van der Waals surface area contributed by atoms with Crippen LogP contribution in [0.2, 0.25) is 0 Å². The van der Waals surface area contributed by atoms with Crippen LogP contribution in [-0.2, 0) is 13.0 Å². The zero-order chi connectivity index (χ0) is 16.5. The minimum atomic E-state index is 0.601. The molecule has 0 unspecified atom stereocenters. The fourth-order valence-electron chi connectivity index (χ4n) is 2.03. The van der Waals surface area contributed by atoms with Gasteiger partial charge in [0.1, 0.15) is 0 Å². The van der Waals surface area contributed by atoms with Crippen molar-refractivity contribution < 1.29 is 4.74 Å². The van der Waals surface area contributed by atoms with Crippen molar-refractivity contribution in [1.82, 2.24) is 20.6 Å². The van der Waals surface area contributed by atoms with Gasteiger partial charge in [-0.15, -0.1) is 11.3 Å². The number of guanidine groups is 1. The van der Waals surface area contributed by atoms with Crippen molar-refractivity contribution in [3.8, 4) is 5.88 Å². The fourth-order valence-corrected chi connectivity index (χ4v) is 2.82. The Morgan fingerprint density at radius 2 is 2.22 bits per heavy atom. The molecule has 0 spiro atoms. The lowest BCUT2D eigenvalue weighted by atomic mass is 10.2. The van der Waals surface area contributed by atoms with Crippen molar-refractivity contribution in [1.29, 1.82) is 0 Å². The van der Waals surface area contributed by atoms with Crippen LogP contribution in [0.25, 0.3) is 0 Å². The van der Waals surface area contributed by atoms with Gasteiger partial charge in [0.15, 0.2) is 5.96 Å². The molecule has 124 valence electrons. The van der Waals surface area contributed by atoms with Gasteiger partial charge in [-0.3, -0.25) is 4.99 Å². The van der Waals surface area contributed by atoms with Gasteiger partial charge in [0.2, 0.25) is 5.88 Å². The number of aliphatic imine (C=N–C) groups is 1. The van der Waals surface area contributed by atoms with Crippen molar-refractivity contribution in [3.05, 3.63) is 40.0 Å². The summed E-state index contributed by atoms with van der Waals surface area (Å²) in [5, 5.41) is 7.71. The molecular weight excluding hydrogens is 310 g/mol. The Morgan fingerprint density at radius 3 is 2.91 bits per heavy atom. The lowest BCUT2D eigenvalue weighted by Gasteiger charge is -2.13. The van der Waals surface area contributed by atoms with Crippen molar-refractivity contribution in [2.24, 2.45) is 4.99 Å². The standard InChI is InChI=1S/C16H23N5OS/c1-4-22-15-13(6-5-8-18-15)11-21-16(17-3)19-9-7-14-20-10-12(2)23-14/h5-6,8,10H,4,7,9,11H2,1-3H3,(H2,17,19,21). The number of hydrogen-bond acceptors (Lipinski definition) is 5. The second kappa shape index (κ2) is 9.09. The molecule has 2 rings (SSSR count). The van der Waals surface area contributed by atoms with Crippen LogP contribution >= 0.6 is 11.3 Å². The SMILES string of the molecule is CCOc1ncccc1CNC(=NC)NCCc1ncc(C)s1. The average Bonchev–Trinajstić information content (AvgIpc) is 2.97. The van der Waals surface area contributed by atoms with E-state index in [4.69, 9.17) is 4.74 Å². The second-order valence-corrected chi connectivity index (χ2v) is 6.19. The van der Waals surface area contributed by atoms with E-state index in [1.807, 2.05) is 25.3 Å². The van der Waals surface area contributed by atoms with E-state index in [1.165, 1.54) is 4.88 Å². The Bertz CT molecular complexity index is 641. The average molecular weight is 333 g/mol. The topological polar surface area (TPSA) is 71.4 Å². The highest BCUT2D eigenvalue weighted by Gasteiger charge is 2.05. The van der Waals surface area contributed by atoms with Gasteiger partial charge in [-0.25, -0.2) is 9.97 Å². The molecule has 6 nitrogen and oxygen atoms in total. The summed E-state index contributed by atoms with van der Waals surface area (Å²) in [5.41, 5.74) is 1.01. The Labute approximate surface area is 141 Å². The highest BCUT2D eigenvalue weighted by molar-refractivity contribution is 7.11. The molecule has 2 N–H and O–H groups in total. The molecule has 7 heteroatoms. The van der Waals surface area contributed by atoms with Gasteiger partial charge >= 0.3 is 0 Å². The van der Waals surface area contributed by atoms with Crippen LogP contribution in [0.15, 0.2) is 29.5 Å². The molecule has 0 aliphatic carbocycles. The minimum absolute atomic E-state index is 0.601. The molecule has 23 heavy (non-hydrogen) atoms. The number of pyridine rings is 1. The number of rotatable bonds is 7. The highest BCUT2D eigenvalue weighted by atomic mass is 32.1. The van der Waals surface area contributed by atoms with Crippen molar-refractivity contribution >= 4 is 17.3 Å². The maximum absolute atomic E-state index is 5.53. The third-order valence-corrected chi connectivity index (χ3v) is 4.07. The van der Waals surface area contributed by atoms with E-state index in [9.17, 15) is 0 Å². The monoisotopic (exact) mass is 333 g/mol. The minimum Gasteiger partial charge on any atom is -0.478 e. The second-order valence-electron chi connectivity index (χ2n) is 4.87. The summed E-state index contributed by atoms with van der Waals surface area (Å²) in [6.07, 6.45) is 4.53. The van der Waals surface area contributed by atoms with Crippen LogP contribution in [-0.4, -0.2) is 36.1 Å². The molecule has 0 bridgehead atoms. The molecular formula is C16H23N5OS. The van der Waals surface area contributed by atoms with Crippen LogP contribution in [0.3, 0.4) is 0 Å². The van der Waals surface area contributed by atoms with Gasteiger partial charge in [-0.1, -0.05) is 6.07 Å². The van der Waals surface area contributed by atoms with Gasteiger partial charge in [0, 0.05) is 49.4 Å². The largest absolute Gasteiger partial charge is 0.478 e. The van der Waals surface area contributed by atoms with Crippen molar-refractivity contribution in [3.63, 3.8) is 0 Å². The van der Waals surface area contributed by atoms with Crippen LogP contribution < -0.4 is 15.4 Å². The predicted molar refractivity (Wildman–Crippen MR) is 94.2 cm³/mol. The molecule has 2 aromatic rings. The van der Waals surface area contributed by atoms with Crippen molar-refractivity contribution in [2.45, 2.75) is 26.8 Å². The molecule has 0 atom stereocenters. The molecule has 0 aliphatic rings. The Kier molecular flexibility index (Phi) is 6.80. The normalized spacial score (nSPS) is 11.3. The van der Waals surface area contributed by atoms with Gasteiger partial charge < -0.3 is 15.4 Å². The Balaban J connectivity index is 1.81. The highest BCUT2D eigenvalue weighted by Crippen LogP contribution is 2.13. The number of aryl methyl sites for hydroxylation is 1. The lowest BCUT2D eigenvalue weighted by molar-refractivity contribution is 0.322. The van der Waals surface area contributed by atoms with E-state index >= 15 is 0 Å². The first-order valence-electron chi connectivity index (χ1n) is 7.65. The molecule has 0 aromatic carbocycles. The van der Waals surface area contributed by atoms with Crippen molar-refractivity contribution in [2.75, 3.05) is 20.2 Å². The summed E-state index contributed by atoms with van der Waals surface area (Å²) in [7, 11) is 1.76. The molecule has 2 heterocycles. The van der Waals surface area contributed by atoms with E-state index in [0.29, 0.717) is 19.0 Å². The molecule has 0 amide bonds. The Morgan fingerprint density at radius 1 is 1.35 bits per heavy atom. The van der Waals surface area contributed by atoms with Crippen LogP contribution in [0.5, 0.6) is 5.88 Å². The molecule has 2 aromatic heterocycles. The number of thiazole rings is 1. The Hall–Kier alpha value is -2.15. The zero-order valence-corrected chi connectivity index (χ0v) is 14.6. The quantitative estimate of drug-likeness (QED) is 0.600. The third-order valence-electron chi connectivity index (χ3n) is 3.10. The first-order chi connectivity index (χ1) is 11.2. The number of ether oxygens (including phenoxy) is 1. The summed E-state index contributed by atoms with van der Waals surface area (Å²) in [4.78, 5) is 14.1. The molecule has 0 fully saturated rings. The zero-order valence-electron chi connectivity index (χ0n) is 13.8. The summed E-state index contributed by atoms with van der Waals surface area (Å²) in [6.45, 7) is 6.02. The maximum Gasteiger partial charge on any atom is 0.218 e. The summed E-state index contributed by atoms with van der Waals surface area (Å²) < 4.78 is 5.53. The van der Waals surface area contributed by atoms with E-state index in [-0.39, 0.29) is 0 Å². The van der Waals surface area contributed by atoms with Crippen LogP contribution in [0.1, 0.15) is 22.4 Å². The smallest absolute Gasteiger partial charge is 0.218 e. The van der Waals surface area contributed by atoms with E-state index in [2.05, 4.69) is 32.5 Å². The first kappa shape index (κ1) is 17.2. The van der Waals surface area contributed by atoms with Crippen LogP contribution in [0, 0.1) is 6.92 Å². The first-order valence-corrected chi connectivity index (χ1v) is 8.47. The molecule has 0 aliphatic heterocycles. The van der Waals surface area contributed by atoms with Gasteiger partial charge in [-0.05, 0) is 19.9 Å². The maximum atomic E-state index is 5.53. The summed E-state index contributed by atoms with van der Waals surface area (Å²) >= 11 is 1.73. The molecule has 0 saturated heterocycles. The molecule has 0 radical (unpaired) electrons. The predicted octanol–water partition coefficient (Wildman–Crippen LogP) is 2.15. The van der Waals surface area contributed by atoms with E-state index < -0.39 is 0 Å². The number of hydrogen-bond donors (Lipinski definition) is 2. The van der Waals surface area contributed by atoms with Gasteiger partial charge in [0.25, 0.3) is 0 Å². The fraction of sp³-hybridized carbons (Fsp3) is 0.438. The third kappa shape index (κ3) is 5.52. The number of nitrogens with one attached hydrogen (secondary N) is 2.